The Bertz CT molecular complexity index is 836. The number of benzene rings is 2. The first kappa shape index (κ1) is 18.0. The maximum atomic E-state index is 12.2. The smallest absolute Gasteiger partial charge is 0.224 e. The van der Waals surface area contributed by atoms with E-state index >= 15 is 0 Å². The van der Waals surface area contributed by atoms with E-state index < -0.39 is 0 Å². The van der Waals surface area contributed by atoms with Gasteiger partial charge >= 0.3 is 0 Å². The molecule has 0 aliphatic heterocycles. The summed E-state index contributed by atoms with van der Waals surface area (Å²) in [5.41, 5.74) is 3.12. The third-order valence-electron chi connectivity index (χ3n) is 4.40. The fourth-order valence-corrected chi connectivity index (χ4v) is 2.96. The predicted molar refractivity (Wildman–Crippen MR) is 105 cm³/mol. The second-order valence-corrected chi connectivity index (χ2v) is 6.47. The lowest BCUT2D eigenvalue weighted by atomic mass is 10.1. The predicted octanol–water partition coefficient (Wildman–Crippen LogP) is 5.15. The number of nitrogens with one attached hydrogen (secondary N) is 1. The molecule has 3 aromatic rings. The Morgan fingerprint density at radius 2 is 1.73 bits per heavy atom. The molecule has 0 bridgehead atoms. The van der Waals surface area contributed by atoms with E-state index in [0.717, 1.165) is 47.5 Å². The first-order chi connectivity index (χ1) is 12.8. The van der Waals surface area contributed by atoms with Gasteiger partial charge in [-0.3, -0.25) is 4.79 Å². The van der Waals surface area contributed by atoms with Crippen molar-refractivity contribution in [2.75, 3.05) is 0 Å². The number of rotatable bonds is 8. The molecular formula is C23H25NO2. The average molecular weight is 347 g/mol. The summed E-state index contributed by atoms with van der Waals surface area (Å²) >= 11 is 0. The van der Waals surface area contributed by atoms with Crippen molar-refractivity contribution in [2.45, 2.75) is 39.2 Å². The SMILES string of the molecule is CCCCc1ccc(-c2ccccc2CNC(=O)Cc2ccccc2)o1. The van der Waals surface area contributed by atoms with Crippen LogP contribution in [0.15, 0.2) is 71.1 Å². The molecule has 26 heavy (non-hydrogen) atoms. The van der Waals surface area contributed by atoms with Crippen LogP contribution < -0.4 is 5.32 Å². The molecule has 134 valence electrons. The minimum Gasteiger partial charge on any atom is -0.461 e. The van der Waals surface area contributed by atoms with Crippen molar-refractivity contribution in [3.05, 3.63) is 83.6 Å². The number of aryl methyl sites for hydroxylation is 1. The van der Waals surface area contributed by atoms with Crippen LogP contribution in [-0.2, 0) is 24.2 Å². The van der Waals surface area contributed by atoms with E-state index in [1.54, 1.807) is 0 Å². The molecule has 0 spiro atoms. The van der Waals surface area contributed by atoms with E-state index in [2.05, 4.69) is 18.3 Å². The van der Waals surface area contributed by atoms with Gasteiger partial charge in [0.2, 0.25) is 5.91 Å². The van der Waals surface area contributed by atoms with Gasteiger partial charge in [0, 0.05) is 18.5 Å². The summed E-state index contributed by atoms with van der Waals surface area (Å²) in [5, 5.41) is 3.02. The van der Waals surface area contributed by atoms with Crippen molar-refractivity contribution >= 4 is 5.91 Å². The lowest BCUT2D eigenvalue weighted by molar-refractivity contribution is -0.120. The number of amides is 1. The van der Waals surface area contributed by atoms with Crippen molar-refractivity contribution < 1.29 is 9.21 Å². The summed E-state index contributed by atoms with van der Waals surface area (Å²) in [4.78, 5) is 12.2. The summed E-state index contributed by atoms with van der Waals surface area (Å²) in [6.45, 7) is 2.67. The average Bonchev–Trinajstić information content (AvgIpc) is 3.14. The molecule has 0 fully saturated rings. The largest absolute Gasteiger partial charge is 0.461 e. The van der Waals surface area contributed by atoms with Gasteiger partial charge in [-0.1, -0.05) is 67.9 Å². The van der Waals surface area contributed by atoms with Crippen LogP contribution in [0.1, 0.15) is 36.7 Å². The summed E-state index contributed by atoms with van der Waals surface area (Å²) in [6.07, 6.45) is 3.64. The van der Waals surface area contributed by atoms with Gasteiger partial charge in [0.05, 0.1) is 6.42 Å². The van der Waals surface area contributed by atoms with E-state index in [4.69, 9.17) is 4.42 Å². The van der Waals surface area contributed by atoms with Crippen LogP contribution >= 0.6 is 0 Å². The lowest BCUT2D eigenvalue weighted by Crippen LogP contribution is -2.24. The summed E-state index contributed by atoms with van der Waals surface area (Å²) < 4.78 is 6.00. The maximum absolute atomic E-state index is 12.2. The van der Waals surface area contributed by atoms with E-state index in [1.165, 1.54) is 0 Å². The highest BCUT2D eigenvalue weighted by atomic mass is 16.3. The second-order valence-electron chi connectivity index (χ2n) is 6.47. The maximum Gasteiger partial charge on any atom is 0.224 e. The monoisotopic (exact) mass is 347 g/mol. The van der Waals surface area contributed by atoms with Crippen LogP contribution in [0.3, 0.4) is 0 Å². The molecule has 0 unspecified atom stereocenters. The molecule has 3 nitrogen and oxygen atoms in total. The van der Waals surface area contributed by atoms with Crippen LogP contribution in [0.5, 0.6) is 0 Å². The van der Waals surface area contributed by atoms with Crippen molar-refractivity contribution in [3.8, 4) is 11.3 Å². The van der Waals surface area contributed by atoms with E-state index in [1.807, 2.05) is 60.7 Å². The number of unbranched alkanes of at least 4 members (excludes halogenated alkanes) is 1. The van der Waals surface area contributed by atoms with Gasteiger partial charge in [-0.05, 0) is 29.7 Å². The Morgan fingerprint density at radius 3 is 2.54 bits per heavy atom. The number of carbonyl (C=O) groups excluding carboxylic acids is 1. The van der Waals surface area contributed by atoms with E-state index in [0.29, 0.717) is 13.0 Å². The molecule has 0 aliphatic carbocycles. The molecule has 1 heterocycles. The molecule has 0 radical (unpaired) electrons. The Hall–Kier alpha value is -2.81. The molecule has 0 saturated heterocycles. The standard InChI is InChI=1S/C23H25NO2/c1-2-3-12-20-14-15-22(26-20)21-13-8-7-11-19(21)17-24-23(25)16-18-9-5-4-6-10-18/h4-11,13-15H,2-3,12,16-17H2,1H3,(H,24,25). The zero-order valence-electron chi connectivity index (χ0n) is 15.2. The van der Waals surface area contributed by atoms with Crippen LogP contribution in [0.2, 0.25) is 0 Å². The number of hydrogen-bond acceptors (Lipinski definition) is 2. The quantitative estimate of drug-likeness (QED) is 0.612. The van der Waals surface area contributed by atoms with E-state index in [-0.39, 0.29) is 5.91 Å². The normalized spacial score (nSPS) is 10.7. The molecule has 1 amide bonds. The highest BCUT2D eigenvalue weighted by Gasteiger charge is 2.10. The molecule has 0 saturated carbocycles. The number of hydrogen-bond donors (Lipinski definition) is 1. The van der Waals surface area contributed by atoms with Gasteiger partial charge in [0.15, 0.2) is 0 Å². The zero-order chi connectivity index (χ0) is 18.2. The first-order valence-corrected chi connectivity index (χ1v) is 9.24. The summed E-state index contributed by atoms with van der Waals surface area (Å²) in [7, 11) is 0. The van der Waals surface area contributed by atoms with Crippen molar-refractivity contribution in [1.82, 2.24) is 5.32 Å². The summed E-state index contributed by atoms with van der Waals surface area (Å²) in [6, 6.07) is 21.9. The van der Waals surface area contributed by atoms with Gasteiger partial charge < -0.3 is 9.73 Å². The molecule has 1 aromatic heterocycles. The van der Waals surface area contributed by atoms with Gasteiger partial charge in [-0.15, -0.1) is 0 Å². The van der Waals surface area contributed by atoms with Crippen LogP contribution in [0.25, 0.3) is 11.3 Å². The zero-order valence-corrected chi connectivity index (χ0v) is 15.2. The Morgan fingerprint density at radius 1 is 0.962 bits per heavy atom. The topological polar surface area (TPSA) is 42.2 Å². The minimum absolute atomic E-state index is 0.0223. The fourth-order valence-electron chi connectivity index (χ4n) is 2.96. The lowest BCUT2D eigenvalue weighted by Gasteiger charge is -2.09. The summed E-state index contributed by atoms with van der Waals surface area (Å²) in [5.74, 6) is 1.91. The van der Waals surface area contributed by atoms with Crippen LogP contribution in [0, 0.1) is 0 Å². The third-order valence-corrected chi connectivity index (χ3v) is 4.40. The van der Waals surface area contributed by atoms with Crippen molar-refractivity contribution in [1.29, 1.82) is 0 Å². The number of carbonyl (C=O) groups is 1. The van der Waals surface area contributed by atoms with Gasteiger partial charge in [0.1, 0.15) is 11.5 Å². The van der Waals surface area contributed by atoms with Gasteiger partial charge in [0.25, 0.3) is 0 Å². The molecule has 1 N–H and O–H groups in total. The second kappa shape index (κ2) is 9.04. The Kier molecular flexibility index (Phi) is 6.26. The van der Waals surface area contributed by atoms with Crippen molar-refractivity contribution in [2.24, 2.45) is 0 Å². The molecule has 3 rings (SSSR count). The van der Waals surface area contributed by atoms with Crippen molar-refractivity contribution in [3.63, 3.8) is 0 Å². The highest BCUT2D eigenvalue weighted by molar-refractivity contribution is 5.78. The van der Waals surface area contributed by atoms with Gasteiger partial charge in [-0.25, -0.2) is 0 Å². The van der Waals surface area contributed by atoms with Crippen LogP contribution in [0.4, 0.5) is 0 Å². The molecule has 3 heteroatoms. The molecule has 0 atom stereocenters. The molecule has 0 aliphatic rings. The van der Waals surface area contributed by atoms with Crippen LogP contribution in [-0.4, -0.2) is 5.91 Å². The number of furan rings is 1. The third kappa shape index (κ3) is 4.85. The Balaban J connectivity index is 1.65. The van der Waals surface area contributed by atoms with E-state index in [9.17, 15) is 4.79 Å². The minimum atomic E-state index is 0.0223. The fraction of sp³-hybridized carbons (Fsp3) is 0.261. The first-order valence-electron chi connectivity index (χ1n) is 9.24. The molecular weight excluding hydrogens is 322 g/mol. The molecule has 2 aromatic carbocycles. The van der Waals surface area contributed by atoms with Gasteiger partial charge in [-0.2, -0.15) is 0 Å². The Labute approximate surface area is 155 Å². The highest BCUT2D eigenvalue weighted by Crippen LogP contribution is 2.26.